The van der Waals surface area contributed by atoms with Gasteiger partial charge in [-0.05, 0) is 0 Å². The molecule has 1 unspecified atom stereocenters. The fourth-order valence-corrected chi connectivity index (χ4v) is 3.26. The van der Waals surface area contributed by atoms with Gasteiger partial charge in [-0.2, -0.15) is 0 Å². The molecule has 0 amide bonds. The van der Waals surface area contributed by atoms with E-state index in [4.69, 9.17) is 24.4 Å². The zero-order valence-corrected chi connectivity index (χ0v) is 14.2. The Morgan fingerprint density at radius 1 is 1.43 bits per heavy atom. The summed E-state index contributed by atoms with van der Waals surface area (Å²) in [6.07, 6.45) is 0.186. The molecule has 6 heteroatoms. The van der Waals surface area contributed by atoms with Crippen LogP contribution >= 0.6 is 0 Å². The van der Waals surface area contributed by atoms with Crippen LogP contribution in [0.4, 0.5) is 0 Å². The molecule has 5 nitrogen and oxygen atoms in total. The van der Waals surface area contributed by atoms with Gasteiger partial charge in [-0.25, -0.2) is 0 Å². The summed E-state index contributed by atoms with van der Waals surface area (Å²) < 4.78 is 6.61. The Hall–Kier alpha value is 0.285. The van der Waals surface area contributed by atoms with E-state index < -0.39 is 5.97 Å². The predicted octanol–water partition coefficient (Wildman–Crippen LogP) is 1.12. The Morgan fingerprint density at radius 2 is 1.93 bits per heavy atom. The fraction of sp³-hybridized carbons (Fsp3) is 0.875. The van der Waals surface area contributed by atoms with E-state index in [1.54, 1.807) is 0 Å². The van der Waals surface area contributed by atoms with Crippen LogP contribution in [0, 0.1) is 0 Å². The van der Waals surface area contributed by atoms with Crippen LogP contribution in [0.15, 0.2) is 0 Å². The summed E-state index contributed by atoms with van der Waals surface area (Å²) in [6.45, 7) is 4.91. The van der Waals surface area contributed by atoms with Gasteiger partial charge in [0.05, 0.1) is 0 Å². The van der Waals surface area contributed by atoms with Crippen molar-refractivity contribution in [3.05, 3.63) is 0 Å². The number of carboxylic acids is 1. The second-order valence-electron chi connectivity index (χ2n) is 2.95. The topological polar surface area (TPSA) is 65.0 Å². The van der Waals surface area contributed by atoms with Crippen molar-refractivity contribution in [1.82, 2.24) is 0 Å². The van der Waals surface area contributed by atoms with Gasteiger partial charge in [-0.1, -0.05) is 0 Å². The minimum atomic E-state index is -0.833. The van der Waals surface area contributed by atoms with Crippen molar-refractivity contribution in [1.29, 1.82) is 0 Å². The molecule has 0 aromatic heterocycles. The van der Waals surface area contributed by atoms with E-state index in [0.29, 0.717) is 0 Å². The van der Waals surface area contributed by atoms with E-state index in [1.165, 1.54) is 0 Å². The summed E-state index contributed by atoms with van der Waals surface area (Å²) in [5, 5.41) is 7.42. The average molecular weight is 392 g/mol. The second-order valence-corrected chi connectivity index (χ2v) is 5.19. The molecule has 0 aromatic carbocycles. The molecule has 79 valence electrons. The molecule has 3 atom stereocenters. The summed E-state index contributed by atoms with van der Waals surface area (Å²) in [7, 11) is 0. The number of aliphatic carboxylic acids is 1. The number of hydrogen-bond donors (Lipinski definition) is 1. The molecule has 0 saturated carbocycles. The van der Waals surface area contributed by atoms with E-state index in [9.17, 15) is 0 Å². The van der Waals surface area contributed by atoms with Gasteiger partial charge in [0.15, 0.2) is 0 Å². The van der Waals surface area contributed by atoms with Gasteiger partial charge in [0, 0.05) is 6.92 Å². The molecule has 0 bridgehead atoms. The minimum absolute atomic E-state index is 0.105. The number of ether oxygens (including phenoxy) is 1. The third-order valence-electron chi connectivity index (χ3n) is 1.52. The SMILES string of the molecule is CC(=O)O.CC1OO[C@H](C)O[C@H]1[CH2][Hg]. The molecule has 0 aliphatic carbocycles. The summed E-state index contributed by atoms with van der Waals surface area (Å²) in [4.78, 5) is 18.8. The van der Waals surface area contributed by atoms with Crippen molar-refractivity contribution in [2.45, 2.75) is 43.2 Å². The Bertz CT molecular complexity index is 171. The summed E-state index contributed by atoms with van der Waals surface area (Å²) in [6, 6.07) is 0. The quantitative estimate of drug-likeness (QED) is 0.536. The summed E-state index contributed by atoms with van der Waals surface area (Å²) in [5.74, 6) is -0.833. The normalized spacial score (nSPS) is 31.6. The molecule has 0 radical (unpaired) electrons. The maximum atomic E-state index is 9.00. The monoisotopic (exact) mass is 393 g/mol. The van der Waals surface area contributed by atoms with Gasteiger partial charge in [0.2, 0.25) is 0 Å². The summed E-state index contributed by atoms with van der Waals surface area (Å²) in [5.41, 5.74) is 0. The van der Waals surface area contributed by atoms with E-state index >= 15 is 0 Å². The first-order valence-electron chi connectivity index (χ1n) is 4.43. The Morgan fingerprint density at radius 3 is 2.29 bits per heavy atom. The van der Waals surface area contributed by atoms with Crippen LogP contribution in [0.25, 0.3) is 0 Å². The van der Waals surface area contributed by atoms with E-state index in [-0.39, 0.29) is 18.5 Å². The zero-order chi connectivity index (χ0) is 11.1. The Labute approximate surface area is 99.6 Å². The molecule has 1 rings (SSSR count). The number of rotatable bonds is 1. The molecular formula is C8H15HgO5. The predicted molar refractivity (Wildman–Crippen MR) is 44.1 cm³/mol. The molecule has 1 fully saturated rings. The van der Waals surface area contributed by atoms with E-state index in [0.717, 1.165) is 37.0 Å². The molecule has 0 spiro atoms. The molecule has 1 aliphatic rings. The van der Waals surface area contributed by atoms with Crippen molar-refractivity contribution in [3.8, 4) is 0 Å². The molecular weight excluding hydrogens is 377 g/mol. The maximum absolute atomic E-state index is 9.00. The van der Waals surface area contributed by atoms with Crippen molar-refractivity contribution >= 4 is 5.97 Å². The van der Waals surface area contributed by atoms with Gasteiger partial charge in [-0.15, -0.1) is 0 Å². The first kappa shape index (κ1) is 14.3. The Kier molecular flexibility index (Phi) is 7.71. The number of hydrogen-bond acceptors (Lipinski definition) is 4. The van der Waals surface area contributed by atoms with Gasteiger partial charge in [0.25, 0.3) is 5.97 Å². The van der Waals surface area contributed by atoms with Crippen LogP contribution in [0.3, 0.4) is 0 Å². The number of carbonyl (C=O) groups is 1. The zero-order valence-electron chi connectivity index (χ0n) is 8.73. The molecule has 1 saturated heterocycles. The molecule has 0 aromatic rings. The van der Waals surface area contributed by atoms with Gasteiger partial charge in [0.1, 0.15) is 0 Å². The van der Waals surface area contributed by atoms with Crippen LogP contribution < -0.4 is 0 Å². The third-order valence-corrected chi connectivity index (χ3v) is 3.73. The van der Waals surface area contributed by atoms with Crippen LogP contribution in [0.2, 0.25) is 3.93 Å². The second kappa shape index (κ2) is 7.56. The van der Waals surface area contributed by atoms with Crippen molar-refractivity contribution in [2.24, 2.45) is 0 Å². The van der Waals surface area contributed by atoms with Crippen LogP contribution in [-0.4, -0.2) is 29.6 Å². The van der Waals surface area contributed by atoms with Crippen LogP contribution in [-0.2, 0) is 45.4 Å². The average Bonchev–Trinajstić information content (AvgIpc) is 2.08. The van der Waals surface area contributed by atoms with Crippen molar-refractivity contribution in [2.75, 3.05) is 0 Å². The molecule has 1 aliphatic heterocycles. The number of carboxylic acid groups (broad SMARTS) is 1. The van der Waals surface area contributed by atoms with Crippen LogP contribution in [0.1, 0.15) is 20.8 Å². The van der Waals surface area contributed by atoms with Crippen molar-refractivity contribution < 1.29 is 50.5 Å². The molecule has 14 heavy (non-hydrogen) atoms. The van der Waals surface area contributed by atoms with Gasteiger partial charge >= 0.3 is 76.9 Å². The van der Waals surface area contributed by atoms with Crippen LogP contribution in [0.5, 0.6) is 0 Å². The Balaban J connectivity index is 0.000000364. The first-order valence-corrected chi connectivity index (χ1v) is 8.32. The fourth-order valence-electron chi connectivity index (χ4n) is 0.910. The van der Waals surface area contributed by atoms with E-state index in [1.807, 2.05) is 13.8 Å². The summed E-state index contributed by atoms with van der Waals surface area (Å²) >= 11 is 0.780. The standard InChI is InChI=1S/C6H11O3.C2H4O2.Hg/c1-4-5(2)8-9-6(3)7-4;1-2(3)4;/h4-6H,1H2,2-3H3;1H3,(H,3,4);/t4-,5?,6+;;/m0../s1. The molecule has 1 N–H and O–H groups in total. The van der Waals surface area contributed by atoms with E-state index in [2.05, 4.69) is 0 Å². The first-order chi connectivity index (χ1) is 6.47. The third kappa shape index (κ3) is 6.70. The van der Waals surface area contributed by atoms with Gasteiger partial charge in [-0.3, -0.25) is 4.79 Å². The molecule has 1 heterocycles. The van der Waals surface area contributed by atoms with Crippen molar-refractivity contribution in [3.63, 3.8) is 0 Å². The van der Waals surface area contributed by atoms with Gasteiger partial charge < -0.3 is 5.11 Å².